The molecule has 39 heavy (non-hydrogen) atoms. The molecule has 1 aromatic heterocycles. The highest BCUT2D eigenvalue weighted by Gasteiger charge is 2.64. The van der Waals surface area contributed by atoms with Gasteiger partial charge < -0.3 is 20.5 Å². The van der Waals surface area contributed by atoms with Gasteiger partial charge >= 0.3 is 6.09 Å². The van der Waals surface area contributed by atoms with Crippen LogP contribution in [0.5, 0.6) is 5.75 Å². The first-order valence-electron chi connectivity index (χ1n) is 12.8. The number of hydrogen-bond donors (Lipinski definition) is 3. The molecule has 2 bridgehead atoms. The van der Waals surface area contributed by atoms with E-state index in [9.17, 15) is 23.9 Å². The highest BCUT2D eigenvalue weighted by Crippen LogP contribution is 2.67. The van der Waals surface area contributed by atoms with Crippen molar-refractivity contribution in [2.75, 3.05) is 0 Å². The summed E-state index contributed by atoms with van der Waals surface area (Å²) in [6, 6.07) is 14.1. The van der Waals surface area contributed by atoms with Crippen molar-refractivity contribution in [1.82, 2.24) is 20.2 Å². The predicted molar refractivity (Wildman–Crippen MR) is 140 cm³/mol. The van der Waals surface area contributed by atoms with E-state index in [4.69, 9.17) is 4.74 Å². The van der Waals surface area contributed by atoms with Crippen LogP contribution in [0, 0.1) is 22.6 Å². The number of rotatable bonds is 6. The molecule has 3 aromatic rings. The largest absolute Gasteiger partial charge is 0.501 e. The number of benzene rings is 2. The molecule has 1 fully saturated rings. The van der Waals surface area contributed by atoms with E-state index < -0.39 is 46.3 Å². The maximum atomic E-state index is 13.3. The summed E-state index contributed by atoms with van der Waals surface area (Å²) in [5, 5.41) is 16.2. The van der Waals surface area contributed by atoms with E-state index in [2.05, 4.69) is 29.5 Å². The van der Waals surface area contributed by atoms with Gasteiger partial charge in [-0.15, -0.1) is 0 Å². The van der Waals surface area contributed by atoms with Gasteiger partial charge in [0.05, 0.1) is 6.04 Å². The lowest BCUT2D eigenvalue weighted by molar-refractivity contribution is -0.127. The average molecular weight is 535 g/mol. The number of nitrogens with one attached hydrogen (secondary N) is 2. The number of aromatic nitrogens is 2. The standard InChI is InChI=1S/C29H31FN4O5/c1-28(2)19-13-29(28,3)23(33-27(38)39-16-18-7-5-4-6-8-18)24-32-21(22(35)26(37)34(24)15-19)25(36)31-14-17-9-11-20(30)12-10-17/h4-12,19,23,35H,13-16H2,1-3H3,(H,31,36)(H,33,38)/t19-,23+,29+/m1/s1. The summed E-state index contributed by atoms with van der Waals surface area (Å²) in [6.45, 7) is 6.59. The van der Waals surface area contributed by atoms with Crippen LogP contribution in [0.1, 0.15) is 60.7 Å². The monoisotopic (exact) mass is 534 g/mol. The lowest BCUT2D eigenvalue weighted by atomic mass is 9.44. The van der Waals surface area contributed by atoms with Crippen molar-refractivity contribution in [2.24, 2.45) is 16.7 Å². The third-order valence-electron chi connectivity index (χ3n) is 8.69. The van der Waals surface area contributed by atoms with E-state index in [0.29, 0.717) is 18.5 Å². The topological polar surface area (TPSA) is 123 Å². The fourth-order valence-corrected chi connectivity index (χ4v) is 5.74. The fraction of sp³-hybridized carbons (Fsp3) is 0.379. The lowest BCUT2D eigenvalue weighted by Crippen LogP contribution is -2.58. The molecule has 6 rings (SSSR count). The minimum absolute atomic E-state index is 0.0406. The molecule has 3 heterocycles. The zero-order valence-corrected chi connectivity index (χ0v) is 22.0. The molecule has 3 N–H and O–H groups in total. The third kappa shape index (κ3) is 4.64. The number of halogens is 1. The molecule has 2 aromatic carbocycles. The maximum Gasteiger partial charge on any atom is 0.408 e. The molecular formula is C29H31FN4O5. The first-order chi connectivity index (χ1) is 18.5. The Morgan fingerprint density at radius 3 is 2.46 bits per heavy atom. The van der Waals surface area contributed by atoms with Crippen molar-refractivity contribution in [1.29, 1.82) is 0 Å². The number of nitrogens with zero attached hydrogens (tertiary/aromatic N) is 2. The lowest BCUT2D eigenvalue weighted by Gasteiger charge is -2.61. The van der Waals surface area contributed by atoms with E-state index >= 15 is 0 Å². The molecule has 1 aliphatic carbocycles. The molecule has 2 aliphatic heterocycles. The SMILES string of the molecule is CC1(C)[C@H]2Cn3c(nc(C(=O)NCc4ccc(F)cc4)c(O)c3=O)[C@H](NC(=O)OCc3ccccc3)[C@]1(C)C2. The Bertz CT molecular complexity index is 1470. The van der Waals surface area contributed by atoms with Gasteiger partial charge in [0.1, 0.15) is 18.2 Å². The molecular weight excluding hydrogens is 503 g/mol. The molecule has 2 amide bonds. The van der Waals surface area contributed by atoms with Crippen LogP contribution in [0.2, 0.25) is 0 Å². The van der Waals surface area contributed by atoms with Crippen LogP contribution in [0.25, 0.3) is 0 Å². The molecule has 0 saturated heterocycles. The smallest absolute Gasteiger partial charge is 0.408 e. The minimum atomic E-state index is -0.761. The summed E-state index contributed by atoms with van der Waals surface area (Å²) < 4.78 is 20.1. The number of carbonyl (C=O) groups excluding carboxylic acids is 2. The Kier molecular flexibility index (Phi) is 6.65. The molecule has 1 saturated carbocycles. The van der Waals surface area contributed by atoms with E-state index in [1.165, 1.54) is 28.8 Å². The van der Waals surface area contributed by atoms with Gasteiger partial charge in [-0.2, -0.15) is 0 Å². The van der Waals surface area contributed by atoms with Crippen LogP contribution >= 0.6 is 0 Å². The zero-order valence-electron chi connectivity index (χ0n) is 22.0. The molecule has 3 atom stereocenters. The highest BCUT2D eigenvalue weighted by atomic mass is 19.1. The van der Waals surface area contributed by atoms with Crippen LogP contribution in [0.15, 0.2) is 59.4 Å². The number of aromatic hydroxyl groups is 1. The predicted octanol–water partition coefficient (Wildman–Crippen LogP) is 4.05. The molecule has 0 unspecified atom stereocenters. The molecule has 0 radical (unpaired) electrons. The van der Waals surface area contributed by atoms with Gasteiger partial charge in [-0.1, -0.05) is 63.2 Å². The van der Waals surface area contributed by atoms with Crippen LogP contribution in [-0.4, -0.2) is 26.7 Å². The summed E-state index contributed by atoms with van der Waals surface area (Å²) in [4.78, 5) is 43.8. The second-order valence-electron chi connectivity index (χ2n) is 11.1. The third-order valence-corrected chi connectivity index (χ3v) is 8.69. The van der Waals surface area contributed by atoms with Crippen molar-refractivity contribution in [3.8, 4) is 5.75 Å². The molecule has 204 valence electrons. The molecule has 10 heteroatoms. The highest BCUT2D eigenvalue weighted by molar-refractivity contribution is 5.94. The van der Waals surface area contributed by atoms with Crippen molar-refractivity contribution >= 4 is 12.0 Å². The van der Waals surface area contributed by atoms with E-state index in [-0.39, 0.29) is 30.3 Å². The average Bonchev–Trinajstić information content (AvgIpc) is 3.09. The Balaban J connectivity index is 1.45. The summed E-state index contributed by atoms with van der Waals surface area (Å²) in [5.74, 6) is -1.63. The van der Waals surface area contributed by atoms with Crippen molar-refractivity contribution in [3.63, 3.8) is 0 Å². The number of alkyl carbamates (subject to hydrolysis) is 1. The van der Waals surface area contributed by atoms with Gasteiger partial charge in [0, 0.05) is 18.5 Å². The molecule has 9 nitrogen and oxygen atoms in total. The van der Waals surface area contributed by atoms with Gasteiger partial charge in [-0.3, -0.25) is 14.2 Å². The van der Waals surface area contributed by atoms with Gasteiger partial charge in [0.2, 0.25) is 5.75 Å². The van der Waals surface area contributed by atoms with Gasteiger partial charge in [-0.25, -0.2) is 14.2 Å². The Morgan fingerprint density at radius 2 is 1.79 bits per heavy atom. The van der Waals surface area contributed by atoms with Crippen molar-refractivity contribution in [2.45, 2.75) is 52.9 Å². The van der Waals surface area contributed by atoms with Gasteiger partial charge in [0.25, 0.3) is 11.5 Å². The summed E-state index contributed by atoms with van der Waals surface area (Å²) in [6.07, 6.45) is 0.0293. The normalized spacial score (nSPS) is 22.6. The Labute approximate surface area is 225 Å². The maximum absolute atomic E-state index is 13.3. The molecule has 3 aliphatic rings. The Hall–Kier alpha value is -4.21. The fourth-order valence-electron chi connectivity index (χ4n) is 5.74. The number of ether oxygens (including phenoxy) is 1. The van der Waals surface area contributed by atoms with E-state index in [1.54, 1.807) is 0 Å². The van der Waals surface area contributed by atoms with Crippen molar-refractivity contribution in [3.05, 3.63) is 93.4 Å². The minimum Gasteiger partial charge on any atom is -0.501 e. The molecule has 0 spiro atoms. The summed E-state index contributed by atoms with van der Waals surface area (Å²) >= 11 is 0. The summed E-state index contributed by atoms with van der Waals surface area (Å²) in [7, 11) is 0. The van der Waals surface area contributed by atoms with E-state index in [1.807, 2.05) is 37.3 Å². The van der Waals surface area contributed by atoms with Crippen LogP contribution in [0.4, 0.5) is 9.18 Å². The summed E-state index contributed by atoms with van der Waals surface area (Å²) in [5.41, 5.74) is -0.512. The van der Waals surface area contributed by atoms with Gasteiger partial charge in [0.15, 0.2) is 5.69 Å². The Morgan fingerprint density at radius 1 is 1.10 bits per heavy atom. The second-order valence-corrected chi connectivity index (χ2v) is 11.1. The number of carbonyl (C=O) groups is 2. The first kappa shape index (κ1) is 26.4. The quantitative estimate of drug-likeness (QED) is 0.439. The van der Waals surface area contributed by atoms with E-state index in [0.717, 1.165) is 5.56 Å². The van der Waals surface area contributed by atoms with Crippen molar-refractivity contribution < 1.29 is 23.8 Å². The zero-order chi connectivity index (χ0) is 27.9. The number of amides is 2. The van der Waals surface area contributed by atoms with Crippen LogP contribution in [-0.2, 0) is 24.4 Å². The second kappa shape index (κ2) is 9.83. The van der Waals surface area contributed by atoms with Gasteiger partial charge in [-0.05, 0) is 41.0 Å². The first-order valence-corrected chi connectivity index (χ1v) is 12.8. The van der Waals surface area contributed by atoms with Crippen LogP contribution in [0.3, 0.4) is 0 Å². The van der Waals surface area contributed by atoms with Crippen LogP contribution < -0.4 is 16.2 Å². The number of hydrogen-bond acceptors (Lipinski definition) is 6.